The number of benzene rings is 1. The summed E-state index contributed by atoms with van der Waals surface area (Å²) in [7, 11) is 0. The van der Waals surface area contributed by atoms with E-state index in [-0.39, 0.29) is 30.3 Å². The second-order valence-electron chi connectivity index (χ2n) is 6.53. The number of carbonyl (C=O) groups excluding carboxylic acids is 2. The van der Waals surface area contributed by atoms with Crippen molar-refractivity contribution < 1.29 is 9.59 Å². The van der Waals surface area contributed by atoms with Crippen LogP contribution in [0.4, 0.5) is 0 Å². The topological polar surface area (TPSA) is 75.4 Å². The van der Waals surface area contributed by atoms with E-state index in [2.05, 4.69) is 5.32 Å². The standard InChI is InChI=1S/C17H21Cl2N3O2.ClH/c18-11-5-6-13(19)12(8-11)17(24)22-7-1-2-15(22)16(23)21-9-14(20)10-3-4-10;/h5-6,8,10,14-15H,1-4,7,9,20H2,(H,21,23);1H. The molecule has 3 rings (SSSR count). The minimum Gasteiger partial charge on any atom is -0.353 e. The summed E-state index contributed by atoms with van der Waals surface area (Å²) in [4.78, 5) is 26.8. The molecule has 1 aliphatic carbocycles. The minimum atomic E-state index is -0.473. The SMILES string of the molecule is Cl.NC(CNC(=O)C1CCCN1C(=O)c1cc(Cl)ccc1Cl)C1CC1. The molecule has 0 spiro atoms. The van der Waals surface area contributed by atoms with Crippen molar-refractivity contribution in [3.05, 3.63) is 33.8 Å². The Morgan fingerprint density at radius 1 is 1.28 bits per heavy atom. The van der Waals surface area contributed by atoms with Crippen LogP contribution in [0.15, 0.2) is 18.2 Å². The molecule has 2 atom stereocenters. The number of carbonyl (C=O) groups is 2. The molecule has 1 aliphatic heterocycles. The summed E-state index contributed by atoms with van der Waals surface area (Å²) in [6.07, 6.45) is 3.71. The van der Waals surface area contributed by atoms with Crippen molar-refractivity contribution in [1.29, 1.82) is 0 Å². The number of hydrogen-bond donors (Lipinski definition) is 2. The maximum Gasteiger partial charge on any atom is 0.256 e. The van der Waals surface area contributed by atoms with E-state index in [9.17, 15) is 9.59 Å². The molecular weight excluding hydrogens is 385 g/mol. The van der Waals surface area contributed by atoms with E-state index in [1.165, 1.54) is 0 Å². The van der Waals surface area contributed by atoms with Crippen LogP contribution in [0.25, 0.3) is 0 Å². The highest BCUT2D eigenvalue weighted by Gasteiger charge is 2.36. The molecule has 8 heteroatoms. The molecule has 2 aliphatic rings. The zero-order chi connectivity index (χ0) is 17.3. The van der Waals surface area contributed by atoms with Gasteiger partial charge in [0.2, 0.25) is 5.91 Å². The number of amides is 2. The average molecular weight is 407 g/mol. The van der Waals surface area contributed by atoms with E-state index in [0.717, 1.165) is 19.3 Å². The van der Waals surface area contributed by atoms with E-state index in [1.54, 1.807) is 23.1 Å². The normalized spacial score (nSPS) is 20.8. The van der Waals surface area contributed by atoms with Crippen LogP contribution >= 0.6 is 35.6 Å². The first-order chi connectivity index (χ1) is 11.5. The fourth-order valence-corrected chi connectivity index (χ4v) is 3.50. The van der Waals surface area contributed by atoms with Crippen molar-refractivity contribution >= 4 is 47.4 Å². The van der Waals surface area contributed by atoms with E-state index >= 15 is 0 Å². The van der Waals surface area contributed by atoms with Gasteiger partial charge in [0.1, 0.15) is 6.04 Å². The molecule has 138 valence electrons. The van der Waals surface area contributed by atoms with Gasteiger partial charge in [-0.25, -0.2) is 0 Å². The predicted octanol–water partition coefficient (Wildman–Crippen LogP) is 2.87. The molecule has 25 heavy (non-hydrogen) atoms. The fourth-order valence-electron chi connectivity index (χ4n) is 3.13. The largest absolute Gasteiger partial charge is 0.353 e. The summed E-state index contributed by atoms with van der Waals surface area (Å²) < 4.78 is 0. The maximum atomic E-state index is 12.8. The Labute approximate surface area is 163 Å². The lowest BCUT2D eigenvalue weighted by Gasteiger charge is -2.25. The number of nitrogens with two attached hydrogens (primary N) is 1. The Kier molecular flexibility index (Phi) is 6.97. The molecule has 1 heterocycles. The molecule has 2 amide bonds. The van der Waals surface area contributed by atoms with Gasteiger partial charge in [0.05, 0.1) is 10.6 Å². The van der Waals surface area contributed by atoms with Crippen LogP contribution in [0, 0.1) is 5.92 Å². The molecular formula is C17H22Cl3N3O2. The lowest BCUT2D eigenvalue weighted by Crippen LogP contribution is -2.49. The van der Waals surface area contributed by atoms with Gasteiger partial charge in [0, 0.05) is 24.2 Å². The smallest absolute Gasteiger partial charge is 0.256 e. The van der Waals surface area contributed by atoms with Gasteiger partial charge in [-0.3, -0.25) is 9.59 Å². The average Bonchev–Trinajstić information content (AvgIpc) is 3.30. The van der Waals surface area contributed by atoms with Gasteiger partial charge < -0.3 is 16.0 Å². The molecule has 2 unspecified atom stereocenters. The van der Waals surface area contributed by atoms with Crippen LogP contribution in [0.1, 0.15) is 36.0 Å². The van der Waals surface area contributed by atoms with Crippen molar-refractivity contribution in [2.45, 2.75) is 37.8 Å². The fraction of sp³-hybridized carbons (Fsp3) is 0.529. The molecule has 0 bridgehead atoms. The number of nitrogens with one attached hydrogen (secondary N) is 1. The van der Waals surface area contributed by atoms with Gasteiger partial charge in [-0.2, -0.15) is 0 Å². The van der Waals surface area contributed by atoms with E-state index < -0.39 is 6.04 Å². The molecule has 1 saturated heterocycles. The number of nitrogens with zero attached hydrogens (tertiary/aromatic N) is 1. The minimum absolute atomic E-state index is 0. The number of likely N-dealkylation sites (tertiary alicyclic amines) is 1. The Bertz CT molecular complexity index is 652. The van der Waals surface area contributed by atoms with Crippen molar-refractivity contribution in [2.75, 3.05) is 13.1 Å². The highest BCUT2D eigenvalue weighted by Crippen LogP contribution is 2.31. The predicted molar refractivity (Wildman–Crippen MR) is 101 cm³/mol. The highest BCUT2D eigenvalue weighted by atomic mass is 35.5. The van der Waals surface area contributed by atoms with Crippen LogP contribution in [0.5, 0.6) is 0 Å². The van der Waals surface area contributed by atoms with Gasteiger partial charge in [-0.15, -0.1) is 12.4 Å². The summed E-state index contributed by atoms with van der Waals surface area (Å²) in [5.74, 6) is 0.124. The molecule has 1 aromatic rings. The van der Waals surface area contributed by atoms with Crippen LogP contribution in [0.2, 0.25) is 10.0 Å². The van der Waals surface area contributed by atoms with Crippen LogP contribution in [-0.4, -0.2) is 41.9 Å². The van der Waals surface area contributed by atoms with Crippen LogP contribution in [-0.2, 0) is 4.79 Å². The molecule has 1 saturated carbocycles. The molecule has 0 aromatic heterocycles. The lowest BCUT2D eigenvalue weighted by molar-refractivity contribution is -0.124. The molecule has 3 N–H and O–H groups in total. The summed E-state index contributed by atoms with van der Waals surface area (Å²) in [6, 6.07) is 4.30. The van der Waals surface area contributed by atoms with E-state index in [0.29, 0.717) is 41.0 Å². The third-order valence-electron chi connectivity index (χ3n) is 4.71. The van der Waals surface area contributed by atoms with Crippen molar-refractivity contribution in [3.8, 4) is 0 Å². The van der Waals surface area contributed by atoms with E-state index in [4.69, 9.17) is 28.9 Å². The van der Waals surface area contributed by atoms with Crippen LogP contribution in [0.3, 0.4) is 0 Å². The lowest BCUT2D eigenvalue weighted by atomic mass is 10.1. The first-order valence-electron chi connectivity index (χ1n) is 8.26. The Morgan fingerprint density at radius 3 is 2.68 bits per heavy atom. The second-order valence-corrected chi connectivity index (χ2v) is 7.37. The Hall–Kier alpha value is -1.01. The highest BCUT2D eigenvalue weighted by molar-refractivity contribution is 6.35. The number of hydrogen-bond acceptors (Lipinski definition) is 3. The van der Waals surface area contributed by atoms with Gasteiger partial charge in [-0.1, -0.05) is 23.2 Å². The van der Waals surface area contributed by atoms with Crippen molar-refractivity contribution in [3.63, 3.8) is 0 Å². The van der Waals surface area contributed by atoms with Gasteiger partial charge in [0.15, 0.2) is 0 Å². The zero-order valence-corrected chi connectivity index (χ0v) is 16.0. The summed E-state index contributed by atoms with van der Waals surface area (Å²) in [5.41, 5.74) is 6.35. The van der Waals surface area contributed by atoms with Gasteiger partial charge >= 0.3 is 0 Å². The first-order valence-corrected chi connectivity index (χ1v) is 9.02. The molecule has 0 radical (unpaired) electrons. The second kappa shape index (κ2) is 8.58. The quantitative estimate of drug-likeness (QED) is 0.789. The van der Waals surface area contributed by atoms with Gasteiger partial charge in [0.25, 0.3) is 5.91 Å². The van der Waals surface area contributed by atoms with E-state index in [1.807, 2.05) is 0 Å². The molecule has 2 fully saturated rings. The third kappa shape index (κ3) is 4.79. The van der Waals surface area contributed by atoms with Crippen LogP contribution < -0.4 is 11.1 Å². The molecule has 5 nitrogen and oxygen atoms in total. The third-order valence-corrected chi connectivity index (χ3v) is 5.28. The zero-order valence-electron chi connectivity index (χ0n) is 13.7. The number of rotatable bonds is 5. The Balaban J connectivity index is 0.00000225. The molecule has 1 aromatic carbocycles. The summed E-state index contributed by atoms with van der Waals surface area (Å²) in [6.45, 7) is 0.994. The maximum absolute atomic E-state index is 12.8. The summed E-state index contributed by atoms with van der Waals surface area (Å²) in [5, 5.41) is 3.67. The monoisotopic (exact) mass is 405 g/mol. The number of halogens is 3. The van der Waals surface area contributed by atoms with Gasteiger partial charge in [-0.05, 0) is 49.8 Å². The Morgan fingerprint density at radius 2 is 2.00 bits per heavy atom. The van der Waals surface area contributed by atoms with Crippen molar-refractivity contribution in [1.82, 2.24) is 10.2 Å². The van der Waals surface area contributed by atoms with Crippen molar-refractivity contribution in [2.24, 2.45) is 11.7 Å². The summed E-state index contributed by atoms with van der Waals surface area (Å²) >= 11 is 12.1. The first kappa shape index (κ1) is 20.3.